The number of likely N-dealkylation sites (N-methyl/N-ethyl adjacent to an activating group) is 1. The summed E-state index contributed by atoms with van der Waals surface area (Å²) in [5, 5.41) is 15.6. The van der Waals surface area contributed by atoms with Crippen molar-refractivity contribution in [1.29, 1.82) is 0 Å². The quantitative estimate of drug-likeness (QED) is 0.766. The Kier molecular flexibility index (Phi) is 7.59. The molecule has 2 aromatic rings. The van der Waals surface area contributed by atoms with Crippen molar-refractivity contribution < 1.29 is 24.5 Å². The molecular weight excluding hydrogens is 360 g/mol. The number of carboxylic acid groups (broad SMARTS) is 2. The summed E-state index contributed by atoms with van der Waals surface area (Å²) in [6.07, 6.45) is 1.12. The zero-order valence-corrected chi connectivity index (χ0v) is 15.9. The highest BCUT2D eigenvalue weighted by Gasteiger charge is 2.20. The van der Waals surface area contributed by atoms with Gasteiger partial charge in [-0.3, -0.25) is 0 Å². The highest BCUT2D eigenvalue weighted by atomic mass is 16.5. The fourth-order valence-electron chi connectivity index (χ4n) is 2.67. The second kappa shape index (κ2) is 10.1. The van der Waals surface area contributed by atoms with Crippen molar-refractivity contribution in [2.24, 2.45) is 0 Å². The first kappa shape index (κ1) is 21.0. The van der Waals surface area contributed by atoms with E-state index in [1.54, 1.807) is 0 Å². The normalized spacial score (nSPS) is 12.3. The van der Waals surface area contributed by atoms with Crippen LogP contribution in [0.15, 0.2) is 60.7 Å². The molecule has 0 aromatic heterocycles. The van der Waals surface area contributed by atoms with Crippen LogP contribution in [0.4, 0.5) is 11.4 Å². The molecule has 0 saturated carbocycles. The predicted molar refractivity (Wildman–Crippen MR) is 107 cm³/mol. The second-order valence-electron chi connectivity index (χ2n) is 6.35. The highest BCUT2D eigenvalue weighted by Crippen LogP contribution is 2.38. The largest absolute Gasteiger partial charge is 0.487 e. The Hall–Kier alpha value is -3.32. The molecule has 1 heterocycles. The van der Waals surface area contributed by atoms with Crippen LogP contribution in [0.2, 0.25) is 0 Å². The number of para-hydroxylation sites is 3. The van der Waals surface area contributed by atoms with Crippen LogP contribution in [0.5, 0.6) is 5.75 Å². The number of hydrogen-bond donors (Lipinski definition) is 2. The topological polar surface area (TPSA) is 90.3 Å². The minimum Gasteiger partial charge on any atom is -0.487 e. The number of carbonyl (C=O) groups is 2. The molecule has 0 saturated heterocycles. The molecule has 2 N–H and O–H groups in total. The monoisotopic (exact) mass is 384 g/mol. The summed E-state index contributed by atoms with van der Waals surface area (Å²) < 4.78 is 5.96. The van der Waals surface area contributed by atoms with Gasteiger partial charge in [-0.05, 0) is 32.3 Å². The van der Waals surface area contributed by atoms with E-state index < -0.39 is 11.9 Å². The lowest BCUT2D eigenvalue weighted by atomic mass is 10.1. The van der Waals surface area contributed by atoms with Gasteiger partial charge in [0.1, 0.15) is 12.4 Å². The van der Waals surface area contributed by atoms with Crippen LogP contribution in [0.3, 0.4) is 0 Å². The summed E-state index contributed by atoms with van der Waals surface area (Å²) in [6.45, 7) is 2.58. The van der Waals surface area contributed by atoms with Crippen molar-refractivity contribution in [3.05, 3.63) is 66.2 Å². The molecule has 0 aliphatic carbocycles. The molecular formula is C21H24N2O5. The third kappa shape index (κ3) is 6.14. The Morgan fingerprint density at radius 2 is 1.57 bits per heavy atom. The van der Waals surface area contributed by atoms with Gasteiger partial charge in [0.2, 0.25) is 0 Å². The SMILES string of the molecule is CN(C)CCN1c2ccccc2COc2ccccc21.O=C(O)/C=C\C(=O)O. The number of anilines is 2. The fraction of sp³-hybridized carbons (Fsp3) is 0.238. The maximum atomic E-state index is 9.55. The van der Waals surface area contributed by atoms with Crippen molar-refractivity contribution in [2.45, 2.75) is 6.61 Å². The van der Waals surface area contributed by atoms with E-state index in [0.29, 0.717) is 18.8 Å². The average molecular weight is 384 g/mol. The summed E-state index contributed by atoms with van der Waals surface area (Å²) in [5.74, 6) is -1.55. The van der Waals surface area contributed by atoms with Crippen molar-refractivity contribution in [3.63, 3.8) is 0 Å². The van der Waals surface area contributed by atoms with Gasteiger partial charge in [0.15, 0.2) is 0 Å². The lowest BCUT2D eigenvalue weighted by Crippen LogP contribution is -2.28. The molecule has 1 aliphatic heterocycles. The molecule has 0 bridgehead atoms. The first-order chi connectivity index (χ1) is 13.4. The third-order valence-electron chi connectivity index (χ3n) is 3.96. The van der Waals surface area contributed by atoms with Crippen LogP contribution in [0.1, 0.15) is 5.56 Å². The molecule has 7 heteroatoms. The molecule has 0 spiro atoms. The number of ether oxygens (including phenoxy) is 1. The molecule has 3 rings (SSSR count). The predicted octanol–water partition coefficient (Wildman–Crippen LogP) is 2.99. The zero-order chi connectivity index (χ0) is 20.5. The van der Waals surface area contributed by atoms with E-state index in [1.807, 2.05) is 12.1 Å². The first-order valence-electron chi connectivity index (χ1n) is 8.74. The van der Waals surface area contributed by atoms with Crippen molar-refractivity contribution in [1.82, 2.24) is 4.90 Å². The number of carboxylic acids is 2. The Morgan fingerprint density at radius 3 is 2.18 bits per heavy atom. The van der Waals surface area contributed by atoms with E-state index in [1.165, 1.54) is 11.3 Å². The minimum absolute atomic E-state index is 0.558. The van der Waals surface area contributed by atoms with Crippen molar-refractivity contribution in [2.75, 3.05) is 32.1 Å². The molecule has 7 nitrogen and oxygen atoms in total. The highest BCUT2D eigenvalue weighted by molar-refractivity contribution is 5.89. The van der Waals surface area contributed by atoms with Gasteiger partial charge in [0.25, 0.3) is 0 Å². The van der Waals surface area contributed by atoms with Crippen LogP contribution < -0.4 is 9.64 Å². The van der Waals surface area contributed by atoms with Crippen LogP contribution in [-0.4, -0.2) is 54.2 Å². The summed E-state index contributed by atoms with van der Waals surface area (Å²) in [7, 11) is 4.21. The number of rotatable bonds is 5. The van der Waals surface area contributed by atoms with E-state index in [9.17, 15) is 9.59 Å². The Labute approximate surface area is 164 Å². The number of fused-ring (bicyclic) bond motifs is 2. The zero-order valence-electron chi connectivity index (χ0n) is 15.9. The molecule has 0 atom stereocenters. The molecule has 148 valence electrons. The number of benzene rings is 2. The standard InChI is InChI=1S/C17H20N2O.C4H4O4/c1-18(2)11-12-19-15-8-4-3-7-14(15)13-20-17-10-6-5-9-16(17)19;5-3(6)1-2-4(7)8/h3-10H,11-13H2,1-2H3;1-2H,(H,5,6)(H,7,8)/b;2-1-. The molecule has 0 fully saturated rings. The molecule has 1 aliphatic rings. The summed E-state index contributed by atoms with van der Waals surface area (Å²) in [6, 6.07) is 16.8. The van der Waals surface area contributed by atoms with Gasteiger partial charge in [-0.1, -0.05) is 30.3 Å². The third-order valence-corrected chi connectivity index (χ3v) is 3.96. The smallest absolute Gasteiger partial charge is 0.328 e. The van der Waals surface area contributed by atoms with Gasteiger partial charge < -0.3 is 24.7 Å². The lowest BCUT2D eigenvalue weighted by Gasteiger charge is -2.27. The minimum atomic E-state index is -1.26. The molecule has 0 radical (unpaired) electrons. The van der Waals surface area contributed by atoms with E-state index >= 15 is 0 Å². The fourth-order valence-corrected chi connectivity index (χ4v) is 2.67. The van der Waals surface area contributed by atoms with E-state index in [-0.39, 0.29) is 0 Å². The van der Waals surface area contributed by atoms with Gasteiger partial charge in [-0.15, -0.1) is 0 Å². The molecule has 28 heavy (non-hydrogen) atoms. The summed E-state index contributed by atoms with van der Waals surface area (Å²) >= 11 is 0. The number of nitrogens with zero attached hydrogens (tertiary/aromatic N) is 2. The summed E-state index contributed by atoms with van der Waals surface area (Å²) in [5.41, 5.74) is 3.64. The van der Waals surface area contributed by atoms with Crippen molar-refractivity contribution in [3.8, 4) is 5.75 Å². The Morgan fingerprint density at radius 1 is 1.00 bits per heavy atom. The maximum Gasteiger partial charge on any atom is 0.328 e. The van der Waals surface area contributed by atoms with E-state index in [2.05, 4.69) is 60.3 Å². The van der Waals surface area contributed by atoms with Crippen molar-refractivity contribution >= 4 is 23.3 Å². The molecule has 0 unspecified atom stereocenters. The van der Waals surface area contributed by atoms with Gasteiger partial charge in [0.05, 0.1) is 5.69 Å². The van der Waals surface area contributed by atoms with Gasteiger partial charge >= 0.3 is 11.9 Å². The van der Waals surface area contributed by atoms with Gasteiger partial charge in [-0.25, -0.2) is 9.59 Å². The molecule has 2 aromatic carbocycles. The van der Waals surface area contributed by atoms with Crippen LogP contribution in [-0.2, 0) is 16.2 Å². The Balaban J connectivity index is 0.000000300. The van der Waals surface area contributed by atoms with Crippen LogP contribution in [0, 0.1) is 0 Å². The van der Waals surface area contributed by atoms with E-state index in [4.69, 9.17) is 14.9 Å². The van der Waals surface area contributed by atoms with Gasteiger partial charge in [-0.2, -0.15) is 0 Å². The van der Waals surface area contributed by atoms with Crippen LogP contribution >= 0.6 is 0 Å². The lowest BCUT2D eigenvalue weighted by molar-refractivity contribution is -0.134. The molecule has 0 amide bonds. The van der Waals surface area contributed by atoms with E-state index in [0.717, 1.165) is 24.5 Å². The second-order valence-corrected chi connectivity index (χ2v) is 6.35. The maximum absolute atomic E-state index is 9.55. The Bertz CT molecular complexity index is 785. The van der Waals surface area contributed by atoms with Crippen LogP contribution in [0.25, 0.3) is 0 Å². The first-order valence-corrected chi connectivity index (χ1v) is 8.74. The summed E-state index contributed by atoms with van der Waals surface area (Å²) in [4.78, 5) is 23.7. The van der Waals surface area contributed by atoms with Gasteiger partial charge in [0, 0.05) is 36.5 Å². The number of aliphatic carboxylic acids is 2. The average Bonchev–Trinajstić information content (AvgIpc) is 2.82. The number of hydrogen-bond acceptors (Lipinski definition) is 5.